The van der Waals surface area contributed by atoms with Crippen molar-refractivity contribution in [2.45, 2.75) is 19.5 Å². The highest BCUT2D eigenvalue weighted by atomic mass is 19.2. The van der Waals surface area contributed by atoms with Crippen molar-refractivity contribution >= 4 is 0 Å². The summed E-state index contributed by atoms with van der Waals surface area (Å²) in [5, 5.41) is 0. The number of hydrogen-bond acceptors (Lipinski definition) is 4. The minimum Gasteiger partial charge on any atom is -0.461 e. The summed E-state index contributed by atoms with van der Waals surface area (Å²) in [7, 11) is 0. The summed E-state index contributed by atoms with van der Waals surface area (Å²) in [5.41, 5.74) is 0.959. The van der Waals surface area contributed by atoms with E-state index in [1.54, 1.807) is 12.1 Å². The summed E-state index contributed by atoms with van der Waals surface area (Å²) < 4.78 is 45.6. The minimum absolute atomic E-state index is 0.0587. The Labute approximate surface area is 146 Å². The lowest BCUT2D eigenvalue weighted by Gasteiger charge is -2.27. The highest BCUT2D eigenvalue weighted by Gasteiger charge is 2.23. The predicted octanol–water partition coefficient (Wildman–Crippen LogP) is 3.01. The van der Waals surface area contributed by atoms with E-state index in [1.807, 2.05) is 4.90 Å². The van der Waals surface area contributed by atoms with Gasteiger partial charge in [0.25, 0.3) is 5.56 Å². The monoisotopic (exact) mass is 361 g/mol. The van der Waals surface area contributed by atoms with Gasteiger partial charge < -0.3 is 9.40 Å². The van der Waals surface area contributed by atoms with E-state index < -0.39 is 17.5 Å². The van der Waals surface area contributed by atoms with Gasteiger partial charge in [0.05, 0.1) is 12.0 Å². The molecule has 26 heavy (non-hydrogen) atoms. The van der Waals surface area contributed by atoms with Crippen LogP contribution in [0.15, 0.2) is 39.7 Å². The second kappa shape index (κ2) is 6.45. The van der Waals surface area contributed by atoms with Crippen LogP contribution in [0.3, 0.4) is 0 Å². The molecule has 0 spiro atoms. The van der Waals surface area contributed by atoms with Gasteiger partial charge in [-0.15, -0.1) is 0 Å². The Morgan fingerprint density at radius 2 is 2.00 bits per heavy atom. The Morgan fingerprint density at radius 3 is 2.77 bits per heavy atom. The topological polar surface area (TPSA) is 62.1 Å². The average molecular weight is 361 g/mol. The Hall–Kier alpha value is -2.87. The SMILES string of the molecule is O=c1[nH]c(-c2ccco2)nc2c1CCN(Cc1cc(F)c(F)cc1F)C2. The van der Waals surface area contributed by atoms with Gasteiger partial charge in [-0.2, -0.15) is 0 Å². The van der Waals surface area contributed by atoms with Crippen LogP contribution in [0.5, 0.6) is 0 Å². The predicted molar refractivity (Wildman–Crippen MR) is 86.7 cm³/mol. The summed E-state index contributed by atoms with van der Waals surface area (Å²) in [5.74, 6) is -2.35. The largest absolute Gasteiger partial charge is 0.461 e. The first-order valence-electron chi connectivity index (χ1n) is 8.03. The van der Waals surface area contributed by atoms with Gasteiger partial charge >= 0.3 is 0 Å². The highest BCUT2D eigenvalue weighted by molar-refractivity contribution is 5.47. The first kappa shape index (κ1) is 16.6. The van der Waals surface area contributed by atoms with Gasteiger partial charge in [-0.25, -0.2) is 18.2 Å². The minimum atomic E-state index is -1.22. The third-order valence-corrected chi connectivity index (χ3v) is 4.39. The molecule has 2 aromatic heterocycles. The average Bonchev–Trinajstić information content (AvgIpc) is 3.14. The number of nitrogens with zero attached hydrogens (tertiary/aromatic N) is 2. The Balaban J connectivity index is 1.61. The van der Waals surface area contributed by atoms with Crippen LogP contribution in [0, 0.1) is 17.5 Å². The number of hydrogen-bond donors (Lipinski definition) is 1. The van der Waals surface area contributed by atoms with Crippen molar-refractivity contribution in [3.8, 4) is 11.6 Å². The molecule has 8 heteroatoms. The van der Waals surface area contributed by atoms with E-state index in [2.05, 4.69) is 9.97 Å². The molecule has 3 heterocycles. The number of nitrogens with one attached hydrogen (secondary N) is 1. The number of furan rings is 1. The molecule has 0 bridgehead atoms. The zero-order chi connectivity index (χ0) is 18.3. The number of aromatic amines is 1. The molecule has 0 radical (unpaired) electrons. The quantitative estimate of drug-likeness (QED) is 0.729. The maximum absolute atomic E-state index is 13.9. The first-order chi connectivity index (χ1) is 12.5. The molecule has 1 aliphatic rings. The van der Waals surface area contributed by atoms with Crippen LogP contribution in [-0.2, 0) is 19.5 Å². The molecule has 0 amide bonds. The van der Waals surface area contributed by atoms with Gasteiger partial charge in [0, 0.05) is 36.8 Å². The fourth-order valence-corrected chi connectivity index (χ4v) is 3.08. The molecule has 134 valence electrons. The van der Waals surface area contributed by atoms with Crippen molar-refractivity contribution in [3.63, 3.8) is 0 Å². The maximum Gasteiger partial charge on any atom is 0.254 e. The van der Waals surface area contributed by atoms with E-state index in [-0.39, 0.29) is 17.7 Å². The maximum atomic E-state index is 13.9. The lowest BCUT2D eigenvalue weighted by atomic mass is 10.1. The number of fused-ring (bicyclic) bond motifs is 1. The first-order valence-corrected chi connectivity index (χ1v) is 8.03. The second-order valence-electron chi connectivity index (χ2n) is 6.14. The smallest absolute Gasteiger partial charge is 0.254 e. The van der Waals surface area contributed by atoms with Gasteiger partial charge in [0.15, 0.2) is 23.2 Å². The third-order valence-electron chi connectivity index (χ3n) is 4.39. The number of aromatic nitrogens is 2. The summed E-state index contributed by atoms with van der Waals surface area (Å²) in [6, 6.07) is 4.77. The summed E-state index contributed by atoms with van der Waals surface area (Å²) in [6.07, 6.45) is 1.91. The van der Waals surface area contributed by atoms with Crippen molar-refractivity contribution in [3.05, 3.63) is 75.2 Å². The van der Waals surface area contributed by atoms with Crippen molar-refractivity contribution in [1.82, 2.24) is 14.9 Å². The molecule has 0 aliphatic carbocycles. The van der Waals surface area contributed by atoms with Crippen LogP contribution in [0.1, 0.15) is 16.8 Å². The van der Waals surface area contributed by atoms with Crippen molar-refractivity contribution in [2.75, 3.05) is 6.54 Å². The van der Waals surface area contributed by atoms with Crippen LogP contribution < -0.4 is 5.56 Å². The number of benzene rings is 1. The molecule has 0 atom stereocenters. The molecule has 0 saturated heterocycles. The zero-order valence-electron chi connectivity index (χ0n) is 13.6. The summed E-state index contributed by atoms with van der Waals surface area (Å²) >= 11 is 0. The van der Waals surface area contributed by atoms with Gasteiger partial charge in [0.1, 0.15) is 5.82 Å². The summed E-state index contributed by atoms with van der Waals surface area (Å²) in [4.78, 5) is 21.2. The van der Waals surface area contributed by atoms with Crippen LogP contribution in [0.4, 0.5) is 13.2 Å². The molecule has 5 nitrogen and oxygen atoms in total. The lowest BCUT2D eigenvalue weighted by molar-refractivity contribution is 0.236. The molecule has 0 saturated carbocycles. The van der Waals surface area contributed by atoms with Gasteiger partial charge in [-0.05, 0) is 24.6 Å². The van der Waals surface area contributed by atoms with Crippen LogP contribution in [-0.4, -0.2) is 21.4 Å². The fraction of sp³-hybridized carbons (Fsp3) is 0.222. The summed E-state index contributed by atoms with van der Waals surface area (Å²) in [6.45, 7) is 0.870. The fourth-order valence-electron chi connectivity index (χ4n) is 3.08. The van der Waals surface area contributed by atoms with Gasteiger partial charge in [0.2, 0.25) is 0 Å². The van der Waals surface area contributed by atoms with Crippen molar-refractivity contribution in [2.24, 2.45) is 0 Å². The van der Waals surface area contributed by atoms with E-state index in [4.69, 9.17) is 4.42 Å². The van der Waals surface area contributed by atoms with Gasteiger partial charge in [-0.3, -0.25) is 9.69 Å². The van der Waals surface area contributed by atoms with Crippen molar-refractivity contribution in [1.29, 1.82) is 0 Å². The molecule has 4 rings (SSSR count). The van der Waals surface area contributed by atoms with E-state index in [9.17, 15) is 18.0 Å². The molecule has 1 aliphatic heterocycles. The lowest BCUT2D eigenvalue weighted by Crippen LogP contribution is -2.35. The molecule has 1 N–H and O–H groups in total. The number of rotatable bonds is 3. The van der Waals surface area contributed by atoms with E-state index in [1.165, 1.54) is 6.26 Å². The Morgan fingerprint density at radius 1 is 1.19 bits per heavy atom. The molecule has 3 aromatic rings. The molecular weight excluding hydrogens is 347 g/mol. The zero-order valence-corrected chi connectivity index (χ0v) is 13.6. The highest BCUT2D eigenvalue weighted by Crippen LogP contribution is 2.22. The molecular formula is C18H14F3N3O2. The van der Waals surface area contributed by atoms with E-state index >= 15 is 0 Å². The van der Waals surface area contributed by atoms with E-state index in [0.29, 0.717) is 48.4 Å². The molecule has 0 unspecified atom stereocenters. The number of H-pyrrole nitrogens is 1. The standard InChI is InChI=1S/C18H14F3N3O2/c19-12-7-14(21)13(20)6-10(12)8-24-4-3-11-15(9-24)22-17(23-18(11)25)16-2-1-5-26-16/h1-2,5-7H,3-4,8-9H2,(H,22,23,25). The number of halogens is 3. The Kier molecular flexibility index (Phi) is 4.12. The Bertz CT molecular complexity index is 1020. The molecule has 1 aromatic carbocycles. The molecule has 0 fully saturated rings. The third kappa shape index (κ3) is 3.03. The van der Waals surface area contributed by atoms with Crippen LogP contribution in [0.25, 0.3) is 11.6 Å². The van der Waals surface area contributed by atoms with Crippen LogP contribution in [0.2, 0.25) is 0 Å². The van der Waals surface area contributed by atoms with E-state index in [0.717, 1.165) is 6.07 Å². The second-order valence-corrected chi connectivity index (χ2v) is 6.14. The normalized spacial score (nSPS) is 14.4. The van der Waals surface area contributed by atoms with Crippen molar-refractivity contribution < 1.29 is 17.6 Å². The van der Waals surface area contributed by atoms with Crippen LogP contribution >= 0.6 is 0 Å². The van der Waals surface area contributed by atoms with Gasteiger partial charge in [-0.1, -0.05) is 0 Å².